The summed E-state index contributed by atoms with van der Waals surface area (Å²) in [5, 5.41) is 16.7. The number of halogens is 1. The topological polar surface area (TPSA) is 70.9 Å². The van der Waals surface area contributed by atoms with Crippen LogP contribution in [-0.4, -0.2) is 23.3 Å². The third-order valence-electron chi connectivity index (χ3n) is 6.37. The molecule has 5 nitrogen and oxygen atoms in total. The predicted molar refractivity (Wildman–Crippen MR) is 134 cm³/mol. The average molecular weight is 471 g/mol. The van der Waals surface area contributed by atoms with E-state index in [0.29, 0.717) is 30.6 Å². The second kappa shape index (κ2) is 12.8. The van der Waals surface area contributed by atoms with Crippen LogP contribution in [0.4, 0.5) is 0 Å². The fourth-order valence-corrected chi connectivity index (χ4v) is 4.70. The number of hydrogen-bond acceptors (Lipinski definition) is 4. The number of nitrogens with one attached hydrogen (secondary N) is 1. The third kappa shape index (κ3) is 7.58. The monoisotopic (exact) mass is 470 g/mol. The minimum absolute atomic E-state index is 0.0852. The molecule has 1 saturated carbocycles. The van der Waals surface area contributed by atoms with Gasteiger partial charge in [-0.2, -0.15) is 0 Å². The maximum Gasteiger partial charge on any atom is 0.304 e. The van der Waals surface area contributed by atoms with E-state index in [-0.39, 0.29) is 6.42 Å². The molecule has 6 heteroatoms. The van der Waals surface area contributed by atoms with E-state index in [1.807, 2.05) is 25.1 Å². The second-order valence-electron chi connectivity index (χ2n) is 8.80. The Bertz CT molecular complexity index is 968. The molecule has 33 heavy (non-hydrogen) atoms. The highest BCUT2D eigenvalue weighted by molar-refractivity contribution is 6.31. The van der Waals surface area contributed by atoms with E-state index in [4.69, 9.17) is 21.5 Å². The van der Waals surface area contributed by atoms with E-state index < -0.39 is 5.97 Å². The fourth-order valence-electron chi connectivity index (χ4n) is 4.46. The van der Waals surface area contributed by atoms with Gasteiger partial charge in [-0.05, 0) is 60.4 Å². The molecule has 0 bridgehead atoms. The number of carboxylic acid groups (broad SMARTS) is 1. The Kier molecular flexibility index (Phi) is 9.76. The van der Waals surface area contributed by atoms with Crippen LogP contribution in [0.3, 0.4) is 0 Å². The molecule has 178 valence electrons. The van der Waals surface area contributed by atoms with Gasteiger partial charge in [-0.3, -0.25) is 4.79 Å². The summed E-state index contributed by atoms with van der Waals surface area (Å²) in [6.07, 6.45) is 7.81. The molecule has 0 aromatic heterocycles. The van der Waals surface area contributed by atoms with E-state index in [1.165, 1.54) is 43.2 Å². The summed E-state index contributed by atoms with van der Waals surface area (Å²) < 4.78 is 0. The van der Waals surface area contributed by atoms with Gasteiger partial charge in [0.15, 0.2) is 0 Å². The van der Waals surface area contributed by atoms with Gasteiger partial charge in [0.1, 0.15) is 6.61 Å². The number of aryl methyl sites for hydroxylation is 1. The minimum Gasteiger partial charge on any atom is -0.481 e. The summed E-state index contributed by atoms with van der Waals surface area (Å²) in [4.78, 5) is 16.3. The molecule has 2 aromatic rings. The van der Waals surface area contributed by atoms with Crippen LogP contribution in [0.5, 0.6) is 0 Å². The Morgan fingerprint density at radius 3 is 2.64 bits per heavy atom. The molecule has 0 spiro atoms. The zero-order chi connectivity index (χ0) is 23.6. The van der Waals surface area contributed by atoms with E-state index in [9.17, 15) is 4.79 Å². The van der Waals surface area contributed by atoms with E-state index in [0.717, 1.165) is 28.8 Å². The number of rotatable bonds is 11. The van der Waals surface area contributed by atoms with E-state index >= 15 is 0 Å². The molecule has 1 fully saturated rings. The zero-order valence-corrected chi connectivity index (χ0v) is 20.5. The van der Waals surface area contributed by atoms with Crippen molar-refractivity contribution in [2.45, 2.75) is 77.9 Å². The molecule has 0 saturated heterocycles. The largest absolute Gasteiger partial charge is 0.481 e. The Hall–Kier alpha value is -2.37. The van der Waals surface area contributed by atoms with Gasteiger partial charge in [-0.25, -0.2) is 0 Å². The third-order valence-corrected chi connectivity index (χ3v) is 6.72. The van der Waals surface area contributed by atoms with Crippen LogP contribution in [0.15, 0.2) is 41.6 Å². The highest BCUT2D eigenvalue weighted by Gasteiger charge is 2.18. The van der Waals surface area contributed by atoms with Crippen molar-refractivity contribution in [1.29, 1.82) is 0 Å². The average Bonchev–Trinajstić information content (AvgIpc) is 2.82. The molecule has 3 rings (SSSR count). The van der Waals surface area contributed by atoms with Crippen LogP contribution in [0.25, 0.3) is 0 Å². The van der Waals surface area contributed by atoms with Crippen molar-refractivity contribution in [2.24, 2.45) is 5.16 Å². The minimum atomic E-state index is -0.818. The molecular weight excluding hydrogens is 436 g/mol. The fraction of sp³-hybridized carbons (Fsp3) is 0.481. The predicted octanol–water partition coefficient (Wildman–Crippen LogP) is 6.46. The van der Waals surface area contributed by atoms with Crippen molar-refractivity contribution in [2.75, 3.05) is 6.54 Å². The molecule has 2 N–H and O–H groups in total. The highest BCUT2D eigenvalue weighted by atomic mass is 35.5. The number of hydrogen-bond donors (Lipinski definition) is 2. The second-order valence-corrected chi connectivity index (χ2v) is 9.21. The molecule has 0 amide bonds. The Morgan fingerprint density at radius 2 is 1.94 bits per heavy atom. The first-order valence-electron chi connectivity index (χ1n) is 12.0. The van der Waals surface area contributed by atoms with Crippen molar-refractivity contribution < 1.29 is 14.7 Å². The van der Waals surface area contributed by atoms with Gasteiger partial charge in [0.25, 0.3) is 0 Å². The lowest BCUT2D eigenvalue weighted by Gasteiger charge is -2.24. The first-order chi connectivity index (χ1) is 16.0. The molecule has 1 aliphatic carbocycles. The van der Waals surface area contributed by atoms with Gasteiger partial charge in [0, 0.05) is 23.7 Å². The van der Waals surface area contributed by atoms with Gasteiger partial charge < -0.3 is 15.3 Å². The van der Waals surface area contributed by atoms with Gasteiger partial charge in [-0.1, -0.05) is 73.3 Å². The molecular formula is C27H35ClN2O3. The van der Waals surface area contributed by atoms with Crippen LogP contribution in [0, 0.1) is 0 Å². The summed E-state index contributed by atoms with van der Waals surface area (Å²) in [7, 11) is 0. The van der Waals surface area contributed by atoms with Gasteiger partial charge >= 0.3 is 5.97 Å². The number of carboxylic acids is 1. The number of oxime groups is 1. The number of nitrogens with zero attached hydrogens (tertiary/aromatic N) is 1. The van der Waals surface area contributed by atoms with Crippen molar-refractivity contribution in [3.05, 3.63) is 69.2 Å². The van der Waals surface area contributed by atoms with Crippen molar-refractivity contribution in [3.63, 3.8) is 0 Å². The van der Waals surface area contributed by atoms with Crippen molar-refractivity contribution in [1.82, 2.24) is 5.32 Å². The van der Waals surface area contributed by atoms with E-state index in [2.05, 4.69) is 35.6 Å². The lowest BCUT2D eigenvalue weighted by molar-refractivity contribution is -0.136. The molecule has 0 heterocycles. The molecule has 0 atom stereocenters. The summed E-state index contributed by atoms with van der Waals surface area (Å²) >= 11 is 6.40. The normalized spacial score (nSPS) is 14.9. The number of aliphatic carboxylic acids is 1. The zero-order valence-electron chi connectivity index (χ0n) is 19.7. The molecule has 1 aliphatic rings. The summed E-state index contributed by atoms with van der Waals surface area (Å²) in [6.45, 7) is 5.50. The van der Waals surface area contributed by atoms with E-state index in [1.54, 1.807) is 0 Å². The van der Waals surface area contributed by atoms with Crippen LogP contribution >= 0.6 is 11.6 Å². The first-order valence-corrected chi connectivity index (χ1v) is 12.3. The number of carbonyl (C=O) groups is 1. The van der Waals surface area contributed by atoms with Gasteiger partial charge in [0.2, 0.25) is 0 Å². The quantitative estimate of drug-likeness (QED) is 0.225. The lowest BCUT2D eigenvalue weighted by atomic mass is 9.81. The summed E-state index contributed by atoms with van der Waals surface area (Å²) in [6, 6.07) is 12.5. The van der Waals surface area contributed by atoms with Crippen molar-refractivity contribution in [3.8, 4) is 0 Å². The summed E-state index contributed by atoms with van der Waals surface area (Å²) in [5.74, 6) is -0.106. The Balaban J connectivity index is 1.56. The maximum absolute atomic E-state index is 10.6. The van der Waals surface area contributed by atoms with Gasteiger partial charge in [0.05, 0.1) is 12.1 Å². The lowest BCUT2D eigenvalue weighted by Crippen LogP contribution is -2.17. The Labute approximate surface area is 202 Å². The highest BCUT2D eigenvalue weighted by Crippen LogP contribution is 2.35. The molecule has 0 radical (unpaired) electrons. The van der Waals surface area contributed by atoms with Crippen LogP contribution in [0.2, 0.25) is 5.02 Å². The maximum atomic E-state index is 10.6. The smallest absolute Gasteiger partial charge is 0.304 e. The standard InChI is InChI=1S/C27H35ClN2O3/c1-3-21-15-20(9-12-25(21)22-7-5-4-6-8-22)18-33-30-19(2)23-10-11-24(26(28)16-23)17-29-14-13-27(31)32/h9-12,15-16,22,29H,3-8,13-14,17-18H2,1-2H3,(H,31,32)/b30-19+. The SMILES string of the molecule is CCc1cc(CO/N=C(\C)c2ccc(CNCCC(=O)O)c(Cl)c2)ccc1C1CCCCC1. The molecule has 2 aromatic carbocycles. The van der Waals surface area contributed by atoms with Crippen molar-refractivity contribution >= 4 is 23.3 Å². The molecule has 0 unspecified atom stereocenters. The Morgan fingerprint density at radius 1 is 1.15 bits per heavy atom. The van der Waals surface area contributed by atoms with Crippen LogP contribution < -0.4 is 5.32 Å². The van der Waals surface area contributed by atoms with Gasteiger partial charge in [-0.15, -0.1) is 0 Å². The van der Waals surface area contributed by atoms with Crippen LogP contribution in [-0.2, 0) is 29.2 Å². The first kappa shape index (κ1) is 25.3. The number of benzene rings is 2. The van der Waals surface area contributed by atoms with Crippen LogP contribution in [0.1, 0.15) is 86.1 Å². The molecule has 0 aliphatic heterocycles. The summed E-state index contributed by atoms with van der Waals surface area (Å²) in [5.41, 5.74) is 6.68.